The second-order valence-electron chi connectivity index (χ2n) is 5.31. The average molecular weight is 272 g/mol. The van der Waals surface area contributed by atoms with Gasteiger partial charge in [-0.3, -0.25) is 4.79 Å². The van der Waals surface area contributed by atoms with Crippen molar-refractivity contribution in [1.29, 1.82) is 0 Å². The van der Waals surface area contributed by atoms with Gasteiger partial charge in [-0.15, -0.1) is 0 Å². The van der Waals surface area contributed by atoms with E-state index in [0.717, 1.165) is 0 Å². The third kappa shape index (κ3) is 3.18. The highest BCUT2D eigenvalue weighted by Crippen LogP contribution is 2.34. The molecule has 1 heterocycles. The predicted molar refractivity (Wildman–Crippen MR) is 71.0 cm³/mol. The van der Waals surface area contributed by atoms with Crippen molar-refractivity contribution < 1.29 is 19.4 Å². The lowest BCUT2D eigenvalue weighted by molar-refractivity contribution is -0.148. The highest BCUT2D eigenvalue weighted by molar-refractivity contribution is 5.79. The van der Waals surface area contributed by atoms with Crippen LogP contribution in [0.4, 0.5) is 4.79 Å². The zero-order valence-corrected chi connectivity index (χ0v) is 12.2. The Balaban J connectivity index is 2.68. The number of methoxy groups -OCH3 is 1. The number of aliphatic carboxylic acids is 1. The third-order valence-corrected chi connectivity index (χ3v) is 4.13. The molecule has 1 saturated heterocycles. The molecule has 6 heteroatoms. The first kappa shape index (κ1) is 15.8. The third-order valence-electron chi connectivity index (χ3n) is 4.13. The van der Waals surface area contributed by atoms with Gasteiger partial charge in [-0.05, 0) is 19.8 Å². The molecule has 1 rings (SSSR count). The van der Waals surface area contributed by atoms with Crippen LogP contribution in [0, 0.1) is 5.41 Å². The maximum atomic E-state index is 12.3. The summed E-state index contributed by atoms with van der Waals surface area (Å²) in [7, 11) is 3.32. The number of carbonyl (C=O) groups excluding carboxylic acids is 1. The van der Waals surface area contributed by atoms with E-state index < -0.39 is 11.4 Å². The number of nitrogens with zero attached hydrogens (tertiary/aromatic N) is 2. The molecule has 2 atom stereocenters. The molecule has 2 unspecified atom stereocenters. The summed E-state index contributed by atoms with van der Waals surface area (Å²) in [6, 6.07) is -0.153. The second-order valence-corrected chi connectivity index (χ2v) is 5.31. The van der Waals surface area contributed by atoms with Crippen molar-refractivity contribution in [2.75, 3.05) is 33.9 Å². The van der Waals surface area contributed by atoms with E-state index in [1.165, 1.54) is 0 Å². The van der Waals surface area contributed by atoms with Crippen LogP contribution in [0.5, 0.6) is 0 Å². The summed E-state index contributed by atoms with van der Waals surface area (Å²) < 4.78 is 5.03. The van der Waals surface area contributed by atoms with Gasteiger partial charge < -0.3 is 19.6 Å². The number of likely N-dealkylation sites (tertiary alicyclic amines) is 1. The maximum absolute atomic E-state index is 12.3. The number of rotatable bonds is 5. The van der Waals surface area contributed by atoms with Gasteiger partial charge in [-0.1, -0.05) is 6.92 Å². The molecule has 0 aromatic heterocycles. The molecule has 2 amide bonds. The molecular formula is C13H24N2O4. The van der Waals surface area contributed by atoms with Crippen molar-refractivity contribution in [3.63, 3.8) is 0 Å². The zero-order chi connectivity index (χ0) is 14.6. The molecule has 0 aromatic carbocycles. The first-order chi connectivity index (χ1) is 8.88. The van der Waals surface area contributed by atoms with Gasteiger partial charge in [0, 0.05) is 27.2 Å². The van der Waals surface area contributed by atoms with E-state index >= 15 is 0 Å². The van der Waals surface area contributed by atoms with Gasteiger partial charge in [0.25, 0.3) is 0 Å². The molecule has 1 aliphatic rings. The summed E-state index contributed by atoms with van der Waals surface area (Å²) in [6.45, 7) is 5.03. The fraction of sp³-hybridized carbons (Fsp3) is 0.846. The Kier molecular flexibility index (Phi) is 5.17. The number of ether oxygens (including phenoxy) is 1. The Morgan fingerprint density at radius 2 is 2.16 bits per heavy atom. The normalized spacial score (nSPS) is 24.3. The topological polar surface area (TPSA) is 70.1 Å². The molecule has 110 valence electrons. The lowest BCUT2D eigenvalue weighted by Gasteiger charge is -2.30. The van der Waals surface area contributed by atoms with Gasteiger partial charge in [0.2, 0.25) is 0 Å². The van der Waals surface area contributed by atoms with Crippen molar-refractivity contribution in [2.24, 2.45) is 5.41 Å². The molecule has 0 saturated carbocycles. The number of carbonyl (C=O) groups is 2. The van der Waals surface area contributed by atoms with Crippen molar-refractivity contribution in [3.05, 3.63) is 0 Å². The molecule has 6 nitrogen and oxygen atoms in total. The Morgan fingerprint density at radius 1 is 1.53 bits per heavy atom. The van der Waals surface area contributed by atoms with Crippen molar-refractivity contribution in [1.82, 2.24) is 9.80 Å². The van der Waals surface area contributed by atoms with Crippen LogP contribution in [0.3, 0.4) is 0 Å². The number of hydrogen-bond donors (Lipinski definition) is 1. The molecule has 19 heavy (non-hydrogen) atoms. The van der Waals surface area contributed by atoms with Crippen LogP contribution in [0.15, 0.2) is 0 Å². The quantitative estimate of drug-likeness (QED) is 0.818. The van der Waals surface area contributed by atoms with Crippen LogP contribution in [-0.4, -0.2) is 66.8 Å². The first-order valence-corrected chi connectivity index (χ1v) is 6.62. The number of urea groups is 1. The van der Waals surface area contributed by atoms with Gasteiger partial charge >= 0.3 is 12.0 Å². The van der Waals surface area contributed by atoms with Crippen molar-refractivity contribution >= 4 is 12.0 Å². The maximum Gasteiger partial charge on any atom is 0.320 e. The Hall–Kier alpha value is -1.30. The summed E-state index contributed by atoms with van der Waals surface area (Å²) in [5.74, 6) is -0.808. The minimum absolute atomic E-state index is 0.0287. The van der Waals surface area contributed by atoms with E-state index in [-0.39, 0.29) is 12.1 Å². The lowest BCUT2D eigenvalue weighted by Crippen LogP contribution is -2.46. The SMILES string of the molecule is CCC1(C(=O)O)CCN(C(=O)N(C)C(C)COC)C1. The van der Waals surface area contributed by atoms with Crippen LogP contribution >= 0.6 is 0 Å². The zero-order valence-electron chi connectivity index (χ0n) is 12.2. The van der Waals surface area contributed by atoms with Crippen LogP contribution in [0.1, 0.15) is 26.7 Å². The molecule has 1 fully saturated rings. The smallest absolute Gasteiger partial charge is 0.320 e. The summed E-state index contributed by atoms with van der Waals surface area (Å²) in [6.07, 6.45) is 1.07. The first-order valence-electron chi connectivity index (χ1n) is 6.62. The number of carboxylic acids is 1. The molecule has 0 bridgehead atoms. The van der Waals surface area contributed by atoms with Gasteiger partial charge in [0.15, 0.2) is 0 Å². The lowest BCUT2D eigenvalue weighted by atomic mass is 9.84. The molecule has 0 radical (unpaired) electrons. The van der Waals surface area contributed by atoms with E-state index in [0.29, 0.717) is 32.5 Å². The fourth-order valence-electron chi connectivity index (χ4n) is 2.41. The van der Waals surface area contributed by atoms with Crippen LogP contribution in [0.2, 0.25) is 0 Å². The van der Waals surface area contributed by atoms with Crippen LogP contribution < -0.4 is 0 Å². The molecule has 1 N–H and O–H groups in total. The standard InChI is InChI=1S/C13H24N2O4/c1-5-13(11(16)17)6-7-15(9-13)12(18)14(3)10(2)8-19-4/h10H,5-9H2,1-4H3,(H,16,17). The van der Waals surface area contributed by atoms with E-state index in [4.69, 9.17) is 4.74 Å². The summed E-state index contributed by atoms with van der Waals surface area (Å²) >= 11 is 0. The minimum Gasteiger partial charge on any atom is -0.481 e. The van der Waals surface area contributed by atoms with Crippen molar-refractivity contribution in [3.8, 4) is 0 Å². The van der Waals surface area contributed by atoms with Gasteiger partial charge in [0.05, 0.1) is 18.1 Å². The van der Waals surface area contributed by atoms with Gasteiger partial charge in [0.1, 0.15) is 0 Å². The largest absolute Gasteiger partial charge is 0.481 e. The summed E-state index contributed by atoms with van der Waals surface area (Å²) in [4.78, 5) is 26.9. The molecule has 0 spiro atoms. The molecule has 0 aromatic rings. The Morgan fingerprint density at radius 3 is 2.58 bits per heavy atom. The minimum atomic E-state index is -0.808. The van der Waals surface area contributed by atoms with E-state index in [2.05, 4.69) is 0 Å². The molecule has 0 aliphatic carbocycles. The summed E-state index contributed by atoms with van der Waals surface area (Å²) in [5.41, 5.74) is -0.777. The number of carboxylic acid groups (broad SMARTS) is 1. The Bertz CT molecular complexity index is 348. The highest BCUT2D eigenvalue weighted by atomic mass is 16.5. The van der Waals surface area contributed by atoms with Gasteiger partial charge in [-0.25, -0.2) is 4.79 Å². The van der Waals surface area contributed by atoms with E-state index in [9.17, 15) is 14.7 Å². The molecular weight excluding hydrogens is 248 g/mol. The molecule has 1 aliphatic heterocycles. The fourth-order valence-corrected chi connectivity index (χ4v) is 2.41. The van der Waals surface area contributed by atoms with Gasteiger partial charge in [-0.2, -0.15) is 0 Å². The monoisotopic (exact) mass is 272 g/mol. The number of hydrogen-bond acceptors (Lipinski definition) is 3. The predicted octanol–water partition coefficient (Wildman–Crippen LogP) is 1.26. The van der Waals surface area contributed by atoms with Crippen molar-refractivity contribution in [2.45, 2.75) is 32.7 Å². The van der Waals surface area contributed by atoms with Crippen LogP contribution in [0.25, 0.3) is 0 Å². The number of amides is 2. The highest BCUT2D eigenvalue weighted by Gasteiger charge is 2.45. The van der Waals surface area contributed by atoms with E-state index in [1.807, 2.05) is 13.8 Å². The summed E-state index contributed by atoms with van der Waals surface area (Å²) in [5, 5.41) is 9.32. The average Bonchev–Trinajstić information content (AvgIpc) is 2.83. The second kappa shape index (κ2) is 6.23. The number of likely N-dealkylation sites (N-methyl/N-ethyl adjacent to an activating group) is 1. The van der Waals surface area contributed by atoms with Crippen LogP contribution in [-0.2, 0) is 9.53 Å². The van der Waals surface area contributed by atoms with E-state index in [1.54, 1.807) is 24.0 Å². The Labute approximate surface area is 114 Å².